The van der Waals surface area contributed by atoms with Crippen molar-refractivity contribution in [3.05, 3.63) is 29.3 Å². The summed E-state index contributed by atoms with van der Waals surface area (Å²) < 4.78 is 5.27. The van der Waals surface area contributed by atoms with Crippen LogP contribution in [0.3, 0.4) is 0 Å². The molecule has 0 amide bonds. The summed E-state index contributed by atoms with van der Waals surface area (Å²) in [5.74, 6) is 1.01. The van der Waals surface area contributed by atoms with Crippen molar-refractivity contribution < 1.29 is 9.84 Å². The molecule has 1 rings (SSSR count). The predicted octanol–water partition coefficient (Wildman–Crippen LogP) is 1.85. The molecule has 16 heavy (non-hydrogen) atoms. The molecule has 0 fully saturated rings. The second kappa shape index (κ2) is 5.87. The standard InChI is InChI=1S/C13H21NO2/c1-10(9-15)12-5-11(8-14(2)3)6-13(7-12)16-4/h5-7,10,15H,8-9H2,1-4H3. The summed E-state index contributed by atoms with van der Waals surface area (Å²) in [5.41, 5.74) is 2.33. The third-order valence-corrected chi connectivity index (χ3v) is 2.57. The quantitative estimate of drug-likeness (QED) is 0.827. The Kier molecular flexibility index (Phi) is 4.77. The van der Waals surface area contributed by atoms with E-state index in [1.54, 1.807) is 7.11 Å². The van der Waals surface area contributed by atoms with Crippen molar-refractivity contribution >= 4 is 0 Å². The number of rotatable bonds is 5. The van der Waals surface area contributed by atoms with Crippen molar-refractivity contribution in [3.8, 4) is 5.75 Å². The number of aliphatic hydroxyl groups is 1. The van der Waals surface area contributed by atoms with Crippen LogP contribution < -0.4 is 4.74 Å². The van der Waals surface area contributed by atoms with E-state index in [2.05, 4.69) is 11.0 Å². The Hall–Kier alpha value is -1.06. The molecule has 0 saturated carbocycles. The minimum atomic E-state index is 0.149. The number of methoxy groups -OCH3 is 1. The fourth-order valence-corrected chi connectivity index (χ4v) is 1.65. The number of nitrogens with zero attached hydrogens (tertiary/aromatic N) is 1. The van der Waals surface area contributed by atoms with E-state index in [0.717, 1.165) is 17.9 Å². The van der Waals surface area contributed by atoms with E-state index >= 15 is 0 Å². The maximum atomic E-state index is 9.17. The maximum absolute atomic E-state index is 9.17. The summed E-state index contributed by atoms with van der Waals surface area (Å²) in [6.07, 6.45) is 0. The Balaban J connectivity index is 3.00. The summed E-state index contributed by atoms with van der Waals surface area (Å²) in [6.45, 7) is 3.05. The zero-order valence-electron chi connectivity index (χ0n) is 10.5. The molecule has 1 aromatic rings. The van der Waals surface area contributed by atoms with Gasteiger partial charge in [-0.25, -0.2) is 0 Å². The zero-order valence-corrected chi connectivity index (χ0v) is 10.5. The van der Waals surface area contributed by atoms with Crippen LogP contribution in [0.15, 0.2) is 18.2 Å². The topological polar surface area (TPSA) is 32.7 Å². The van der Waals surface area contributed by atoms with E-state index in [-0.39, 0.29) is 12.5 Å². The smallest absolute Gasteiger partial charge is 0.119 e. The molecule has 0 aromatic heterocycles. The lowest BCUT2D eigenvalue weighted by Gasteiger charge is -2.15. The summed E-state index contributed by atoms with van der Waals surface area (Å²) in [5, 5.41) is 9.17. The van der Waals surface area contributed by atoms with Crippen molar-refractivity contribution in [2.45, 2.75) is 19.4 Å². The molecule has 0 aliphatic rings. The Morgan fingerprint density at radius 1 is 1.31 bits per heavy atom. The molecule has 90 valence electrons. The lowest BCUT2D eigenvalue weighted by molar-refractivity contribution is 0.272. The third-order valence-electron chi connectivity index (χ3n) is 2.57. The summed E-state index contributed by atoms with van der Waals surface area (Å²) in [7, 11) is 5.74. The zero-order chi connectivity index (χ0) is 12.1. The number of hydrogen-bond donors (Lipinski definition) is 1. The van der Waals surface area contributed by atoms with Gasteiger partial charge < -0.3 is 14.7 Å². The van der Waals surface area contributed by atoms with Gasteiger partial charge in [0.15, 0.2) is 0 Å². The molecule has 3 heteroatoms. The van der Waals surface area contributed by atoms with E-state index in [9.17, 15) is 5.11 Å². The first kappa shape index (κ1) is 13.0. The summed E-state index contributed by atoms with van der Waals surface area (Å²) in [4.78, 5) is 2.11. The van der Waals surface area contributed by atoms with Crippen molar-refractivity contribution in [2.75, 3.05) is 27.8 Å². The third kappa shape index (κ3) is 3.51. The maximum Gasteiger partial charge on any atom is 0.119 e. The first-order chi connectivity index (χ1) is 7.56. The molecule has 0 aliphatic heterocycles. The molecule has 1 atom stereocenters. The van der Waals surface area contributed by atoms with Gasteiger partial charge in [-0.05, 0) is 37.4 Å². The van der Waals surface area contributed by atoms with Gasteiger partial charge in [0, 0.05) is 19.1 Å². The minimum Gasteiger partial charge on any atom is -0.497 e. The van der Waals surface area contributed by atoms with Gasteiger partial charge >= 0.3 is 0 Å². The molecule has 0 bridgehead atoms. The van der Waals surface area contributed by atoms with E-state index in [0.29, 0.717) is 0 Å². The molecule has 1 aromatic carbocycles. The molecule has 0 aliphatic carbocycles. The van der Waals surface area contributed by atoms with Crippen LogP contribution in [0.4, 0.5) is 0 Å². The van der Waals surface area contributed by atoms with Crippen LogP contribution in [0.1, 0.15) is 24.0 Å². The molecule has 3 nitrogen and oxygen atoms in total. The highest BCUT2D eigenvalue weighted by Crippen LogP contribution is 2.23. The van der Waals surface area contributed by atoms with Gasteiger partial charge in [-0.2, -0.15) is 0 Å². The highest BCUT2D eigenvalue weighted by molar-refractivity contribution is 5.36. The molecule has 0 radical (unpaired) electrons. The van der Waals surface area contributed by atoms with Crippen LogP contribution in [-0.4, -0.2) is 37.8 Å². The first-order valence-corrected chi connectivity index (χ1v) is 5.50. The molecule has 1 N–H and O–H groups in total. The Morgan fingerprint density at radius 2 is 2.00 bits per heavy atom. The fourth-order valence-electron chi connectivity index (χ4n) is 1.65. The van der Waals surface area contributed by atoms with Gasteiger partial charge in [0.2, 0.25) is 0 Å². The highest BCUT2D eigenvalue weighted by atomic mass is 16.5. The normalized spacial score (nSPS) is 12.9. The van der Waals surface area contributed by atoms with E-state index in [1.807, 2.05) is 33.2 Å². The van der Waals surface area contributed by atoms with Gasteiger partial charge in [0.05, 0.1) is 7.11 Å². The molecule has 0 saturated heterocycles. The van der Waals surface area contributed by atoms with Crippen molar-refractivity contribution in [2.24, 2.45) is 0 Å². The van der Waals surface area contributed by atoms with Gasteiger partial charge in [-0.3, -0.25) is 0 Å². The molecular formula is C13H21NO2. The van der Waals surface area contributed by atoms with E-state index in [4.69, 9.17) is 4.74 Å². The molecule has 0 spiro atoms. The van der Waals surface area contributed by atoms with Crippen molar-refractivity contribution in [3.63, 3.8) is 0 Å². The Morgan fingerprint density at radius 3 is 2.50 bits per heavy atom. The molecule has 1 unspecified atom stereocenters. The SMILES string of the molecule is COc1cc(CN(C)C)cc(C(C)CO)c1. The number of ether oxygens (including phenoxy) is 1. The van der Waals surface area contributed by atoms with Gasteiger partial charge in [0.1, 0.15) is 5.75 Å². The number of benzene rings is 1. The van der Waals surface area contributed by atoms with Gasteiger partial charge in [-0.15, -0.1) is 0 Å². The first-order valence-electron chi connectivity index (χ1n) is 5.50. The molecular weight excluding hydrogens is 202 g/mol. The van der Waals surface area contributed by atoms with Crippen LogP contribution in [0.5, 0.6) is 5.75 Å². The second-order valence-corrected chi connectivity index (χ2v) is 4.44. The largest absolute Gasteiger partial charge is 0.497 e. The van der Waals surface area contributed by atoms with E-state index < -0.39 is 0 Å². The molecule has 0 heterocycles. The lowest BCUT2D eigenvalue weighted by atomic mass is 9.99. The van der Waals surface area contributed by atoms with Crippen LogP contribution in [0.25, 0.3) is 0 Å². The highest BCUT2D eigenvalue weighted by Gasteiger charge is 2.08. The number of aliphatic hydroxyl groups excluding tert-OH is 1. The summed E-state index contributed by atoms with van der Waals surface area (Å²) >= 11 is 0. The van der Waals surface area contributed by atoms with Crippen molar-refractivity contribution in [1.82, 2.24) is 4.90 Å². The second-order valence-electron chi connectivity index (χ2n) is 4.44. The fraction of sp³-hybridized carbons (Fsp3) is 0.538. The van der Waals surface area contributed by atoms with E-state index in [1.165, 1.54) is 5.56 Å². The summed E-state index contributed by atoms with van der Waals surface area (Å²) in [6, 6.07) is 6.15. The van der Waals surface area contributed by atoms with Gasteiger partial charge in [-0.1, -0.05) is 13.0 Å². The Bertz CT molecular complexity index is 337. The van der Waals surface area contributed by atoms with Crippen LogP contribution in [0, 0.1) is 0 Å². The van der Waals surface area contributed by atoms with Crippen LogP contribution in [0.2, 0.25) is 0 Å². The lowest BCUT2D eigenvalue weighted by Crippen LogP contribution is -2.11. The Labute approximate surface area is 97.7 Å². The average Bonchev–Trinajstić information content (AvgIpc) is 2.26. The van der Waals surface area contributed by atoms with Crippen LogP contribution >= 0.6 is 0 Å². The monoisotopic (exact) mass is 223 g/mol. The van der Waals surface area contributed by atoms with Crippen LogP contribution in [-0.2, 0) is 6.54 Å². The predicted molar refractivity (Wildman–Crippen MR) is 65.9 cm³/mol. The average molecular weight is 223 g/mol. The minimum absolute atomic E-state index is 0.149. The van der Waals surface area contributed by atoms with Crippen molar-refractivity contribution in [1.29, 1.82) is 0 Å². The number of hydrogen-bond acceptors (Lipinski definition) is 3. The van der Waals surface area contributed by atoms with Gasteiger partial charge in [0.25, 0.3) is 0 Å².